The highest BCUT2D eigenvalue weighted by atomic mass is 32.2. The highest BCUT2D eigenvalue weighted by molar-refractivity contribution is 8.01. The largest absolute Gasteiger partial charge is 0.456 e. The van der Waals surface area contributed by atoms with Crippen LogP contribution in [0.2, 0.25) is 0 Å². The molecule has 0 N–H and O–H groups in total. The third kappa shape index (κ3) is 4.45. The number of nitro benzene ring substituents is 1. The molecule has 134 valence electrons. The molecule has 0 aliphatic carbocycles. The third-order valence-electron chi connectivity index (χ3n) is 3.21. The molecule has 26 heavy (non-hydrogen) atoms. The maximum Gasteiger partial charge on any atom is 0.339 e. The number of ether oxygens (including phenoxy) is 1. The van der Waals surface area contributed by atoms with E-state index in [0.29, 0.717) is 10.6 Å². The second-order valence-electron chi connectivity index (χ2n) is 5.23. The van der Waals surface area contributed by atoms with E-state index in [2.05, 4.69) is 9.97 Å². The van der Waals surface area contributed by atoms with Gasteiger partial charge in [-0.25, -0.2) is 14.8 Å². The van der Waals surface area contributed by atoms with E-state index in [9.17, 15) is 14.9 Å². The standard InChI is InChI=1S/C16H13N3O4S3/c1-9-7-25-16(17-9)26-14-4-3-12(19(21)22)5-13(14)15(20)23-6-11-8-24-10(2)18-11/h3-5,7-8H,6H2,1-2H3. The summed E-state index contributed by atoms with van der Waals surface area (Å²) in [5, 5.41) is 15.6. The summed E-state index contributed by atoms with van der Waals surface area (Å²) in [7, 11) is 0. The lowest BCUT2D eigenvalue weighted by Gasteiger charge is -2.08. The van der Waals surface area contributed by atoms with Crippen molar-refractivity contribution in [2.45, 2.75) is 29.7 Å². The van der Waals surface area contributed by atoms with E-state index in [4.69, 9.17) is 4.74 Å². The Balaban J connectivity index is 1.84. The highest BCUT2D eigenvalue weighted by Crippen LogP contribution is 2.34. The summed E-state index contributed by atoms with van der Waals surface area (Å²) in [5.41, 5.74) is 1.50. The molecule has 0 aliphatic heterocycles. The number of non-ortho nitro benzene ring substituents is 1. The molecule has 3 aromatic rings. The van der Waals surface area contributed by atoms with Crippen LogP contribution in [-0.4, -0.2) is 20.9 Å². The van der Waals surface area contributed by atoms with E-state index in [1.807, 2.05) is 24.6 Å². The van der Waals surface area contributed by atoms with E-state index < -0.39 is 10.9 Å². The smallest absolute Gasteiger partial charge is 0.339 e. The Morgan fingerprint density at radius 3 is 2.69 bits per heavy atom. The summed E-state index contributed by atoms with van der Waals surface area (Å²) in [6.45, 7) is 3.76. The minimum atomic E-state index is -0.630. The molecule has 7 nitrogen and oxygen atoms in total. The van der Waals surface area contributed by atoms with Crippen LogP contribution >= 0.6 is 34.4 Å². The number of benzene rings is 1. The molecule has 0 atom stereocenters. The molecule has 3 rings (SSSR count). The SMILES string of the molecule is Cc1csc(Sc2ccc([N+](=O)[O-])cc2C(=O)OCc2csc(C)n2)n1. The minimum absolute atomic E-state index is 0.0202. The van der Waals surface area contributed by atoms with Crippen LogP contribution in [0.5, 0.6) is 0 Å². The molecular formula is C16H13N3O4S3. The molecule has 2 heterocycles. The molecule has 0 fully saturated rings. The lowest BCUT2D eigenvalue weighted by atomic mass is 10.2. The van der Waals surface area contributed by atoms with Crippen LogP contribution < -0.4 is 0 Å². The van der Waals surface area contributed by atoms with Gasteiger partial charge >= 0.3 is 5.97 Å². The predicted molar refractivity (Wildman–Crippen MR) is 100 cm³/mol. The quantitative estimate of drug-likeness (QED) is 0.334. The van der Waals surface area contributed by atoms with E-state index in [1.165, 1.54) is 46.6 Å². The van der Waals surface area contributed by atoms with Gasteiger partial charge in [-0.1, -0.05) is 11.8 Å². The molecule has 0 radical (unpaired) electrons. The van der Waals surface area contributed by atoms with E-state index in [1.54, 1.807) is 6.07 Å². The maximum atomic E-state index is 12.5. The zero-order valence-corrected chi connectivity index (χ0v) is 16.2. The monoisotopic (exact) mass is 407 g/mol. The third-order valence-corrected chi connectivity index (χ3v) is 6.16. The Morgan fingerprint density at radius 1 is 1.27 bits per heavy atom. The van der Waals surface area contributed by atoms with Gasteiger partial charge in [0.2, 0.25) is 0 Å². The Bertz CT molecular complexity index is 967. The summed E-state index contributed by atoms with van der Waals surface area (Å²) < 4.78 is 6.05. The van der Waals surface area contributed by atoms with Gasteiger partial charge in [0.1, 0.15) is 6.61 Å². The first kappa shape index (κ1) is 18.5. The van der Waals surface area contributed by atoms with Crippen molar-refractivity contribution in [1.82, 2.24) is 9.97 Å². The van der Waals surface area contributed by atoms with Gasteiger partial charge in [-0.05, 0) is 19.9 Å². The molecule has 0 unspecified atom stereocenters. The molecule has 1 aromatic carbocycles. The summed E-state index contributed by atoms with van der Waals surface area (Å²) in [6, 6.07) is 4.14. The number of aryl methyl sites for hydroxylation is 2. The fourth-order valence-electron chi connectivity index (χ4n) is 2.05. The van der Waals surface area contributed by atoms with Gasteiger partial charge in [-0.15, -0.1) is 22.7 Å². The lowest BCUT2D eigenvalue weighted by molar-refractivity contribution is -0.384. The van der Waals surface area contributed by atoms with Crippen LogP contribution in [0, 0.1) is 24.0 Å². The van der Waals surface area contributed by atoms with Gasteiger partial charge in [0, 0.05) is 33.5 Å². The number of hydrogen-bond donors (Lipinski definition) is 0. The molecule has 2 aromatic heterocycles. The van der Waals surface area contributed by atoms with Gasteiger partial charge in [0.15, 0.2) is 4.34 Å². The molecule has 0 spiro atoms. The minimum Gasteiger partial charge on any atom is -0.456 e. The molecular weight excluding hydrogens is 394 g/mol. The normalized spacial score (nSPS) is 10.7. The molecule has 0 saturated carbocycles. The number of nitrogens with zero attached hydrogens (tertiary/aromatic N) is 3. The van der Waals surface area contributed by atoms with Crippen molar-refractivity contribution in [2.24, 2.45) is 0 Å². The van der Waals surface area contributed by atoms with E-state index in [-0.39, 0.29) is 17.9 Å². The van der Waals surface area contributed by atoms with Crippen LogP contribution in [-0.2, 0) is 11.3 Å². The van der Waals surface area contributed by atoms with Gasteiger partial charge in [-0.2, -0.15) is 0 Å². The van der Waals surface area contributed by atoms with Crippen LogP contribution in [0.25, 0.3) is 0 Å². The fourth-order valence-corrected chi connectivity index (χ4v) is 4.54. The molecule has 0 aliphatic rings. The van der Waals surface area contributed by atoms with Gasteiger partial charge in [-0.3, -0.25) is 10.1 Å². The maximum absolute atomic E-state index is 12.5. The van der Waals surface area contributed by atoms with Crippen LogP contribution in [0.4, 0.5) is 5.69 Å². The van der Waals surface area contributed by atoms with Crippen molar-refractivity contribution in [3.8, 4) is 0 Å². The second kappa shape index (κ2) is 7.94. The van der Waals surface area contributed by atoms with Crippen molar-refractivity contribution < 1.29 is 14.5 Å². The van der Waals surface area contributed by atoms with Crippen LogP contribution in [0.1, 0.15) is 26.8 Å². The summed E-state index contributed by atoms with van der Waals surface area (Å²) in [4.78, 5) is 32.2. The molecule has 10 heteroatoms. The summed E-state index contributed by atoms with van der Waals surface area (Å²) in [6.07, 6.45) is 0. The first-order valence-corrected chi connectivity index (χ1v) is 9.96. The topological polar surface area (TPSA) is 95.2 Å². The number of hydrogen-bond acceptors (Lipinski definition) is 9. The number of thiazole rings is 2. The first-order valence-electron chi connectivity index (χ1n) is 7.39. The number of esters is 1. The summed E-state index contributed by atoms with van der Waals surface area (Å²) >= 11 is 4.19. The highest BCUT2D eigenvalue weighted by Gasteiger charge is 2.20. The fraction of sp³-hybridized carbons (Fsp3) is 0.188. The van der Waals surface area contributed by atoms with Crippen LogP contribution in [0.3, 0.4) is 0 Å². The average molecular weight is 407 g/mol. The predicted octanol–water partition coefficient (Wildman–Crippen LogP) is 4.63. The van der Waals surface area contributed by atoms with Crippen LogP contribution in [0.15, 0.2) is 38.2 Å². The summed E-state index contributed by atoms with van der Waals surface area (Å²) in [5.74, 6) is -0.630. The molecule has 0 amide bonds. The van der Waals surface area contributed by atoms with Crippen molar-refractivity contribution in [2.75, 3.05) is 0 Å². The van der Waals surface area contributed by atoms with Crippen molar-refractivity contribution in [3.63, 3.8) is 0 Å². The Kier molecular flexibility index (Phi) is 5.64. The number of rotatable bonds is 6. The van der Waals surface area contributed by atoms with E-state index in [0.717, 1.165) is 15.0 Å². The van der Waals surface area contributed by atoms with Crippen molar-refractivity contribution >= 4 is 46.1 Å². The van der Waals surface area contributed by atoms with E-state index >= 15 is 0 Å². The van der Waals surface area contributed by atoms with Crippen molar-refractivity contribution in [3.05, 3.63) is 61.0 Å². The van der Waals surface area contributed by atoms with Crippen molar-refractivity contribution in [1.29, 1.82) is 0 Å². The lowest BCUT2D eigenvalue weighted by Crippen LogP contribution is -2.07. The number of aromatic nitrogens is 2. The second-order valence-corrected chi connectivity index (χ2v) is 8.44. The molecule has 0 bridgehead atoms. The Hall–Kier alpha value is -2.30. The molecule has 0 saturated heterocycles. The average Bonchev–Trinajstić information content (AvgIpc) is 3.21. The van der Waals surface area contributed by atoms with Gasteiger partial charge in [0.05, 0.1) is 21.2 Å². The number of carbonyl (C=O) groups is 1. The zero-order chi connectivity index (χ0) is 18.7. The first-order chi connectivity index (χ1) is 12.4. The Labute approximate surface area is 161 Å². The Morgan fingerprint density at radius 2 is 2.08 bits per heavy atom. The number of carbonyl (C=O) groups excluding carboxylic acids is 1. The van der Waals surface area contributed by atoms with Gasteiger partial charge in [0.25, 0.3) is 5.69 Å². The number of nitro groups is 1. The van der Waals surface area contributed by atoms with Gasteiger partial charge < -0.3 is 4.74 Å². The zero-order valence-electron chi connectivity index (χ0n) is 13.8.